The van der Waals surface area contributed by atoms with Crippen LogP contribution in [0.15, 0.2) is 54.6 Å². The minimum absolute atomic E-state index is 0.0313. The Labute approximate surface area is 153 Å². The highest BCUT2D eigenvalue weighted by Crippen LogP contribution is 2.17. The molecule has 27 heavy (non-hydrogen) atoms. The number of rotatable bonds is 5. The lowest BCUT2D eigenvalue weighted by Crippen LogP contribution is -2.15. The normalized spacial score (nSPS) is 10.3. The molecule has 0 fully saturated rings. The van der Waals surface area contributed by atoms with Gasteiger partial charge >= 0.3 is 0 Å². The predicted molar refractivity (Wildman–Crippen MR) is 96.1 cm³/mol. The molecule has 0 unspecified atom stereocenters. The Kier molecular flexibility index (Phi) is 5.16. The van der Waals surface area contributed by atoms with Crippen molar-refractivity contribution in [2.24, 2.45) is 0 Å². The molecule has 0 saturated carbocycles. The van der Waals surface area contributed by atoms with Gasteiger partial charge in [-0.25, -0.2) is 8.78 Å². The van der Waals surface area contributed by atoms with Crippen LogP contribution < -0.4 is 10.6 Å². The molecule has 2 aromatic carbocycles. The van der Waals surface area contributed by atoms with Crippen LogP contribution in [0.5, 0.6) is 0 Å². The summed E-state index contributed by atoms with van der Waals surface area (Å²) in [4.78, 5) is 23.4. The van der Waals surface area contributed by atoms with E-state index in [2.05, 4.69) is 20.8 Å². The van der Waals surface area contributed by atoms with E-state index in [1.807, 2.05) is 0 Å². The minimum Gasteiger partial charge on any atom is -0.339 e. The molecule has 1 heterocycles. The number of halogens is 2. The lowest BCUT2D eigenvalue weighted by molar-refractivity contribution is 0.101. The fourth-order valence-corrected chi connectivity index (χ4v) is 2.23. The molecule has 1 amide bonds. The molecule has 3 aromatic rings. The zero-order valence-electron chi connectivity index (χ0n) is 14.2. The molecule has 6 nitrogen and oxygen atoms in total. The standard InChI is InChI=1S/C19H14F2N4O2/c1-11(26)12-2-5-14(6-3-12)22-18-9-8-17(24-25-18)19(27)23-16-7-4-13(20)10-15(16)21/h2-10H,1H3,(H,22,25)(H,23,27). The number of Topliss-reactive ketones (excluding diaryl/α,β-unsaturated/α-hetero) is 1. The highest BCUT2D eigenvalue weighted by molar-refractivity contribution is 6.02. The van der Waals surface area contributed by atoms with Crippen LogP contribution in [0.4, 0.5) is 26.0 Å². The van der Waals surface area contributed by atoms with Gasteiger partial charge in [-0.1, -0.05) is 0 Å². The maximum atomic E-state index is 13.6. The van der Waals surface area contributed by atoms with Crippen molar-refractivity contribution in [3.05, 3.63) is 77.5 Å². The number of anilines is 3. The number of hydrogen-bond donors (Lipinski definition) is 2. The van der Waals surface area contributed by atoms with Gasteiger partial charge in [-0.3, -0.25) is 9.59 Å². The van der Waals surface area contributed by atoms with Crippen molar-refractivity contribution in [1.29, 1.82) is 0 Å². The molecule has 0 aliphatic rings. The maximum Gasteiger partial charge on any atom is 0.276 e. The highest BCUT2D eigenvalue weighted by Gasteiger charge is 2.12. The van der Waals surface area contributed by atoms with E-state index in [0.29, 0.717) is 23.1 Å². The summed E-state index contributed by atoms with van der Waals surface area (Å²) in [7, 11) is 0. The summed E-state index contributed by atoms with van der Waals surface area (Å²) in [5, 5.41) is 13.0. The van der Waals surface area contributed by atoms with Crippen LogP contribution in [0.25, 0.3) is 0 Å². The predicted octanol–water partition coefficient (Wildman–Crippen LogP) is 3.95. The van der Waals surface area contributed by atoms with Crippen LogP contribution >= 0.6 is 0 Å². The average molecular weight is 368 g/mol. The van der Waals surface area contributed by atoms with E-state index in [9.17, 15) is 18.4 Å². The van der Waals surface area contributed by atoms with Gasteiger partial charge in [-0.2, -0.15) is 0 Å². The van der Waals surface area contributed by atoms with Crippen molar-refractivity contribution in [3.8, 4) is 0 Å². The number of nitrogens with one attached hydrogen (secondary N) is 2. The van der Waals surface area contributed by atoms with Crippen molar-refractivity contribution in [1.82, 2.24) is 10.2 Å². The SMILES string of the molecule is CC(=O)c1ccc(Nc2ccc(C(=O)Nc3ccc(F)cc3F)nn2)cc1. The number of aromatic nitrogens is 2. The van der Waals surface area contributed by atoms with E-state index in [4.69, 9.17) is 0 Å². The van der Waals surface area contributed by atoms with Crippen molar-refractivity contribution in [2.45, 2.75) is 6.92 Å². The lowest BCUT2D eigenvalue weighted by Gasteiger charge is -2.07. The molecule has 1 aromatic heterocycles. The van der Waals surface area contributed by atoms with Gasteiger partial charge in [-0.15, -0.1) is 10.2 Å². The molecule has 3 rings (SSSR count). The summed E-state index contributed by atoms with van der Waals surface area (Å²) in [6.07, 6.45) is 0. The van der Waals surface area contributed by atoms with Gasteiger partial charge < -0.3 is 10.6 Å². The third-order valence-corrected chi connectivity index (χ3v) is 3.64. The fourth-order valence-electron chi connectivity index (χ4n) is 2.23. The van der Waals surface area contributed by atoms with Crippen LogP contribution in [-0.2, 0) is 0 Å². The second-order valence-electron chi connectivity index (χ2n) is 5.64. The van der Waals surface area contributed by atoms with Crippen molar-refractivity contribution in [3.63, 3.8) is 0 Å². The summed E-state index contributed by atoms with van der Waals surface area (Å²) < 4.78 is 26.5. The zero-order valence-corrected chi connectivity index (χ0v) is 14.2. The monoisotopic (exact) mass is 368 g/mol. The molecule has 0 bridgehead atoms. The summed E-state index contributed by atoms with van der Waals surface area (Å²) in [5.74, 6) is -1.95. The van der Waals surface area contributed by atoms with Crippen LogP contribution in [0.2, 0.25) is 0 Å². The van der Waals surface area contributed by atoms with Crippen LogP contribution in [-0.4, -0.2) is 21.9 Å². The quantitative estimate of drug-likeness (QED) is 0.666. The molecule has 0 spiro atoms. The molecular formula is C19H14F2N4O2. The van der Waals surface area contributed by atoms with Crippen molar-refractivity contribution >= 4 is 28.9 Å². The van der Waals surface area contributed by atoms with Crippen molar-refractivity contribution < 1.29 is 18.4 Å². The van der Waals surface area contributed by atoms with Gasteiger partial charge in [0.2, 0.25) is 0 Å². The van der Waals surface area contributed by atoms with E-state index in [1.54, 1.807) is 24.3 Å². The van der Waals surface area contributed by atoms with Gasteiger partial charge in [0.15, 0.2) is 17.3 Å². The minimum atomic E-state index is -0.886. The number of benzene rings is 2. The van der Waals surface area contributed by atoms with Crippen LogP contribution in [0, 0.1) is 11.6 Å². The molecule has 0 aliphatic carbocycles. The van der Waals surface area contributed by atoms with Gasteiger partial charge in [0.1, 0.15) is 11.6 Å². The van der Waals surface area contributed by atoms with Gasteiger partial charge in [-0.05, 0) is 55.5 Å². The van der Waals surface area contributed by atoms with E-state index in [1.165, 1.54) is 19.1 Å². The molecule has 0 atom stereocenters. The number of carbonyl (C=O) groups excluding carboxylic acids is 2. The largest absolute Gasteiger partial charge is 0.339 e. The van der Waals surface area contributed by atoms with Crippen LogP contribution in [0.3, 0.4) is 0 Å². The Morgan fingerprint density at radius 1 is 0.926 bits per heavy atom. The number of carbonyl (C=O) groups is 2. The first kappa shape index (κ1) is 18.1. The Morgan fingerprint density at radius 2 is 1.67 bits per heavy atom. The number of hydrogen-bond acceptors (Lipinski definition) is 5. The molecule has 0 saturated heterocycles. The van der Waals surface area contributed by atoms with E-state index in [-0.39, 0.29) is 17.2 Å². The summed E-state index contributed by atoms with van der Waals surface area (Å²) in [6.45, 7) is 1.48. The topological polar surface area (TPSA) is 84.0 Å². The molecular weight excluding hydrogens is 354 g/mol. The summed E-state index contributed by atoms with van der Waals surface area (Å²) in [6, 6.07) is 12.6. The first-order chi connectivity index (χ1) is 12.9. The molecule has 0 aliphatic heterocycles. The number of nitrogens with zero attached hydrogens (tertiary/aromatic N) is 2. The van der Waals surface area contributed by atoms with Crippen LogP contribution in [0.1, 0.15) is 27.8 Å². The Hall–Kier alpha value is -3.68. The second-order valence-corrected chi connectivity index (χ2v) is 5.64. The average Bonchev–Trinajstić information content (AvgIpc) is 2.65. The Morgan fingerprint density at radius 3 is 2.26 bits per heavy atom. The summed E-state index contributed by atoms with van der Waals surface area (Å²) >= 11 is 0. The first-order valence-corrected chi connectivity index (χ1v) is 7.90. The van der Waals surface area contributed by atoms with Gasteiger partial charge in [0, 0.05) is 17.3 Å². The van der Waals surface area contributed by atoms with Gasteiger partial charge in [0.05, 0.1) is 5.69 Å². The third kappa shape index (κ3) is 4.49. The van der Waals surface area contributed by atoms with E-state index >= 15 is 0 Å². The highest BCUT2D eigenvalue weighted by atomic mass is 19.1. The molecule has 8 heteroatoms. The number of ketones is 1. The third-order valence-electron chi connectivity index (χ3n) is 3.64. The fraction of sp³-hybridized carbons (Fsp3) is 0.0526. The second kappa shape index (κ2) is 7.69. The van der Waals surface area contributed by atoms with Crippen molar-refractivity contribution in [2.75, 3.05) is 10.6 Å². The van der Waals surface area contributed by atoms with E-state index < -0.39 is 17.5 Å². The first-order valence-electron chi connectivity index (χ1n) is 7.90. The molecule has 136 valence electrons. The smallest absolute Gasteiger partial charge is 0.276 e. The number of amides is 1. The Balaban J connectivity index is 1.67. The van der Waals surface area contributed by atoms with Gasteiger partial charge in [0.25, 0.3) is 5.91 Å². The maximum absolute atomic E-state index is 13.6. The summed E-state index contributed by atoms with van der Waals surface area (Å²) in [5.41, 5.74) is 1.10. The van der Waals surface area contributed by atoms with E-state index in [0.717, 1.165) is 12.1 Å². The molecule has 2 N–H and O–H groups in total. The lowest BCUT2D eigenvalue weighted by atomic mass is 10.1. The Bertz CT molecular complexity index is 990. The zero-order chi connectivity index (χ0) is 19.4. The molecule has 0 radical (unpaired) electrons.